The molecule has 0 saturated carbocycles. The molecule has 0 unspecified atom stereocenters. The Kier molecular flexibility index (Phi) is 1.91. The fourth-order valence-electron chi connectivity index (χ4n) is 1.02. The highest BCUT2D eigenvalue weighted by Crippen LogP contribution is 2.25. The summed E-state index contributed by atoms with van der Waals surface area (Å²) in [5.74, 6) is 0. The second-order valence-corrected chi connectivity index (χ2v) is 2.46. The lowest BCUT2D eigenvalue weighted by Crippen LogP contribution is -1.97. The summed E-state index contributed by atoms with van der Waals surface area (Å²) in [6.45, 7) is 9.86. The van der Waals surface area contributed by atoms with Gasteiger partial charge in [0, 0.05) is 6.42 Å². The predicted molar refractivity (Wildman–Crippen MR) is 45.3 cm³/mol. The van der Waals surface area contributed by atoms with E-state index in [1.165, 1.54) is 5.57 Å². The zero-order chi connectivity index (χ0) is 7.56. The number of rotatable bonds is 1. The monoisotopic (exact) mass is 132 g/mol. The third-order valence-corrected chi connectivity index (χ3v) is 1.65. The molecule has 0 aliphatic heterocycles. The van der Waals surface area contributed by atoms with Gasteiger partial charge < -0.3 is 0 Å². The first-order chi connectivity index (χ1) is 4.74. The van der Waals surface area contributed by atoms with E-state index in [1.807, 2.05) is 12.8 Å². The lowest BCUT2D eigenvalue weighted by molar-refractivity contribution is 1.09. The maximum Gasteiger partial charge on any atom is 0.209 e. The van der Waals surface area contributed by atoms with Crippen LogP contribution in [-0.4, -0.2) is 0 Å². The van der Waals surface area contributed by atoms with Gasteiger partial charge in [0.25, 0.3) is 0 Å². The molecule has 0 nitrogen and oxygen atoms in total. The number of hydrogen-bond acceptors (Lipinski definition) is 0. The van der Waals surface area contributed by atoms with Gasteiger partial charge >= 0.3 is 0 Å². The molecule has 0 heterocycles. The van der Waals surface area contributed by atoms with Crippen LogP contribution in [0.4, 0.5) is 0 Å². The fourth-order valence-corrected chi connectivity index (χ4v) is 1.02. The van der Waals surface area contributed by atoms with E-state index in [0.29, 0.717) is 0 Å². The Labute approximate surface area is 62.9 Å². The Hall–Kier alpha value is -1.04. The van der Waals surface area contributed by atoms with Crippen LogP contribution in [0, 0.1) is 12.8 Å². The average molecular weight is 132 g/mol. The van der Waals surface area contributed by atoms with Gasteiger partial charge in [0.15, 0.2) is 0 Å². The highest BCUT2D eigenvalue weighted by atomic mass is 14.1. The summed E-state index contributed by atoms with van der Waals surface area (Å²) in [5, 5.41) is 0. The van der Waals surface area contributed by atoms with Crippen molar-refractivity contribution < 1.29 is 0 Å². The van der Waals surface area contributed by atoms with Crippen LogP contribution in [-0.2, 0) is 0 Å². The Morgan fingerprint density at radius 3 is 2.70 bits per heavy atom. The summed E-state index contributed by atoms with van der Waals surface area (Å²) in [6.07, 6.45) is 7.18. The number of allylic oxidation sites excluding steroid dienone is 4. The highest BCUT2D eigenvalue weighted by molar-refractivity contribution is 5.51. The maximum atomic E-state index is 3.91. The maximum absolute atomic E-state index is 3.91. The molecule has 0 spiro atoms. The van der Waals surface area contributed by atoms with E-state index in [0.717, 1.165) is 17.6 Å². The molecule has 0 heteroatoms. The topological polar surface area (TPSA) is 0 Å². The van der Waals surface area contributed by atoms with Crippen LogP contribution in [0.1, 0.15) is 13.3 Å². The van der Waals surface area contributed by atoms with Crippen LogP contribution in [0.5, 0.6) is 0 Å². The third-order valence-electron chi connectivity index (χ3n) is 1.65. The minimum atomic E-state index is 1.04. The van der Waals surface area contributed by atoms with Gasteiger partial charge in [0.05, 0.1) is 6.58 Å². The minimum Gasteiger partial charge on any atom is -0.0498 e. The van der Waals surface area contributed by atoms with E-state index in [-0.39, 0.29) is 0 Å². The van der Waals surface area contributed by atoms with Crippen molar-refractivity contribution >= 4 is 0 Å². The van der Waals surface area contributed by atoms with Crippen molar-refractivity contribution in [3.8, 4) is 0 Å². The average Bonchev–Trinajstić information content (AvgIpc) is 1.88. The Morgan fingerprint density at radius 1 is 1.50 bits per heavy atom. The highest BCUT2D eigenvalue weighted by Gasteiger charge is 2.24. The van der Waals surface area contributed by atoms with Crippen molar-refractivity contribution in [2.45, 2.75) is 13.3 Å². The van der Waals surface area contributed by atoms with Gasteiger partial charge in [-0.05, 0) is 13.5 Å². The first-order valence-corrected chi connectivity index (χ1v) is 3.51. The molecule has 50 valence electrons. The molecule has 0 radical (unpaired) electrons. The van der Waals surface area contributed by atoms with Crippen molar-refractivity contribution in [2.75, 3.05) is 0 Å². The molecule has 0 N–H and O–H groups in total. The summed E-state index contributed by atoms with van der Waals surface area (Å²) in [5.41, 5.74) is 3.46. The van der Waals surface area contributed by atoms with Gasteiger partial charge in [-0.1, -0.05) is 0 Å². The molecule has 0 amide bonds. The van der Waals surface area contributed by atoms with Crippen molar-refractivity contribution in [1.82, 2.24) is 0 Å². The summed E-state index contributed by atoms with van der Waals surface area (Å²) >= 11 is 0. The normalized spacial score (nSPS) is 17.5. The third kappa shape index (κ3) is 1.27. The second kappa shape index (κ2) is 2.70. The molecule has 10 heavy (non-hydrogen) atoms. The lowest BCUT2D eigenvalue weighted by Gasteiger charge is -1.99. The molecule has 0 aromatic heterocycles. The van der Waals surface area contributed by atoms with Gasteiger partial charge in [-0.3, -0.25) is 0 Å². The van der Waals surface area contributed by atoms with Gasteiger partial charge in [0.2, 0.25) is 5.57 Å². The predicted octanol–water partition coefficient (Wildman–Crippen LogP) is 2.86. The quantitative estimate of drug-likeness (QED) is 0.481. The molecular weight excluding hydrogens is 120 g/mol. The smallest absolute Gasteiger partial charge is 0.0498 e. The first-order valence-electron chi connectivity index (χ1n) is 3.51. The van der Waals surface area contributed by atoms with Crippen LogP contribution < -0.4 is 0 Å². The van der Waals surface area contributed by atoms with Gasteiger partial charge in [0.1, 0.15) is 30.1 Å². The van der Waals surface area contributed by atoms with Crippen LogP contribution >= 0.6 is 0 Å². The molecule has 0 fully saturated rings. The standard InChI is InChI=1S/C10H12/c1-4-10-6-5-8(2)7-9(10)3/h5-7H,2-4H2,1H3/q+2. The van der Waals surface area contributed by atoms with Gasteiger partial charge in [-0.25, -0.2) is 0 Å². The Morgan fingerprint density at radius 2 is 2.20 bits per heavy atom. The van der Waals surface area contributed by atoms with E-state index in [9.17, 15) is 0 Å². The molecular formula is C10H12+2. The number of hydrogen-bond donors (Lipinski definition) is 0. The van der Waals surface area contributed by atoms with E-state index >= 15 is 0 Å². The molecule has 1 rings (SSSR count). The first kappa shape index (κ1) is 7.07. The zero-order valence-electron chi connectivity index (χ0n) is 6.35. The van der Waals surface area contributed by atoms with E-state index < -0.39 is 0 Å². The van der Waals surface area contributed by atoms with Crippen LogP contribution in [0.25, 0.3) is 0 Å². The summed E-state index contributed by atoms with van der Waals surface area (Å²) in [6, 6.07) is 0. The fraction of sp³-hybridized carbons (Fsp3) is 0.200. The Balaban J connectivity index is 2.75. The van der Waals surface area contributed by atoms with E-state index in [4.69, 9.17) is 0 Å². The lowest BCUT2D eigenvalue weighted by atomic mass is 9.90. The molecule has 0 atom stereocenters. The zero-order valence-corrected chi connectivity index (χ0v) is 6.35. The van der Waals surface area contributed by atoms with Crippen LogP contribution in [0.2, 0.25) is 0 Å². The molecule has 0 saturated heterocycles. The van der Waals surface area contributed by atoms with E-state index in [2.05, 4.69) is 26.2 Å². The van der Waals surface area contributed by atoms with Crippen LogP contribution in [0.3, 0.4) is 0 Å². The SMILES string of the molecule is C=C1[CH+]C=C(CC)C(=C)[CH+]1. The van der Waals surface area contributed by atoms with Crippen molar-refractivity contribution in [3.63, 3.8) is 0 Å². The summed E-state index contributed by atoms with van der Waals surface area (Å²) < 4.78 is 0. The van der Waals surface area contributed by atoms with E-state index in [1.54, 1.807) is 0 Å². The second-order valence-electron chi connectivity index (χ2n) is 2.46. The summed E-state index contributed by atoms with van der Waals surface area (Å²) in [4.78, 5) is 0. The van der Waals surface area contributed by atoms with Crippen molar-refractivity contribution in [1.29, 1.82) is 0 Å². The van der Waals surface area contributed by atoms with Crippen molar-refractivity contribution in [2.24, 2.45) is 0 Å². The molecule has 0 bridgehead atoms. The van der Waals surface area contributed by atoms with Gasteiger partial charge in [-0.2, -0.15) is 0 Å². The van der Waals surface area contributed by atoms with Crippen molar-refractivity contribution in [3.05, 3.63) is 48.8 Å². The van der Waals surface area contributed by atoms with Gasteiger partial charge in [-0.15, -0.1) is 0 Å². The Bertz CT molecular complexity index is 194. The molecule has 0 aromatic rings. The molecule has 0 aromatic carbocycles. The van der Waals surface area contributed by atoms with Crippen LogP contribution in [0.15, 0.2) is 36.0 Å². The molecule has 1 aliphatic rings. The summed E-state index contributed by atoms with van der Waals surface area (Å²) in [7, 11) is 0. The minimum absolute atomic E-state index is 1.04. The largest absolute Gasteiger partial charge is 0.209 e. The molecule has 1 aliphatic carbocycles.